The molecule has 2 aliphatic carbocycles. The van der Waals surface area contributed by atoms with Crippen LogP contribution in [0.2, 0.25) is 0 Å². The molecule has 0 radical (unpaired) electrons. The first-order valence-electron chi connectivity index (χ1n) is 12.6. The fourth-order valence-corrected chi connectivity index (χ4v) is 6.69. The Bertz CT molecular complexity index is 1640. The molecule has 5 aromatic rings. The first-order valence-corrected chi connectivity index (χ1v) is 12.6. The van der Waals surface area contributed by atoms with Gasteiger partial charge in [-0.2, -0.15) is 0 Å². The maximum Gasteiger partial charge on any atom is 0.0566 e. The second kappa shape index (κ2) is 8.19. The summed E-state index contributed by atoms with van der Waals surface area (Å²) in [5.41, 5.74) is 9.41. The number of benzene rings is 5. The third kappa shape index (κ3) is 2.81. The Hall–Kier alpha value is -4.20. The van der Waals surface area contributed by atoms with Gasteiger partial charge in [0.05, 0.1) is 12.0 Å². The lowest BCUT2D eigenvalue weighted by molar-refractivity contribution is 0.246. The van der Waals surface area contributed by atoms with Gasteiger partial charge in [-0.3, -0.25) is 0 Å². The highest BCUT2D eigenvalue weighted by Gasteiger charge is 2.55. The molecule has 172 valence electrons. The molecule has 1 heteroatoms. The van der Waals surface area contributed by atoms with Crippen molar-refractivity contribution >= 4 is 27.5 Å². The van der Waals surface area contributed by atoms with Crippen molar-refractivity contribution in [2.45, 2.75) is 11.3 Å². The van der Waals surface area contributed by atoms with E-state index in [9.17, 15) is 5.11 Å². The summed E-state index contributed by atoms with van der Waals surface area (Å²) in [6.07, 6.45) is 2.39. The fraction of sp³-hybridized carbons (Fsp3) is 0.0857. The Morgan fingerprint density at radius 3 is 1.89 bits per heavy atom. The van der Waals surface area contributed by atoms with E-state index in [2.05, 4.69) is 133 Å². The van der Waals surface area contributed by atoms with E-state index >= 15 is 0 Å². The molecule has 0 amide bonds. The van der Waals surface area contributed by atoms with Gasteiger partial charge >= 0.3 is 0 Å². The minimum absolute atomic E-state index is 0.0458. The first kappa shape index (κ1) is 21.1. The molecule has 0 bridgehead atoms. The number of rotatable bonds is 5. The van der Waals surface area contributed by atoms with Crippen molar-refractivity contribution < 1.29 is 5.11 Å². The predicted octanol–water partition coefficient (Wildman–Crippen LogP) is 7.88. The summed E-state index contributed by atoms with van der Waals surface area (Å²) >= 11 is 0. The molecule has 1 N–H and O–H groups in total. The molecule has 0 saturated heterocycles. The van der Waals surface area contributed by atoms with E-state index in [1.54, 1.807) is 0 Å². The molecule has 2 aliphatic rings. The number of hydrogen-bond donors (Lipinski definition) is 1. The van der Waals surface area contributed by atoms with Gasteiger partial charge in [-0.1, -0.05) is 127 Å². The summed E-state index contributed by atoms with van der Waals surface area (Å²) in [6, 6.07) is 45.3. The summed E-state index contributed by atoms with van der Waals surface area (Å²) < 4.78 is 0. The largest absolute Gasteiger partial charge is 0.396 e. The van der Waals surface area contributed by atoms with Crippen LogP contribution in [0.4, 0.5) is 0 Å². The number of allylic oxidation sites excluding steroid dienone is 4. The van der Waals surface area contributed by atoms with E-state index in [1.807, 2.05) is 0 Å². The predicted molar refractivity (Wildman–Crippen MR) is 150 cm³/mol. The third-order valence-corrected chi connectivity index (χ3v) is 8.05. The lowest BCUT2D eigenvalue weighted by atomic mass is 9.61. The minimum Gasteiger partial charge on any atom is -0.396 e. The van der Waals surface area contributed by atoms with E-state index in [-0.39, 0.29) is 12.5 Å². The van der Waals surface area contributed by atoms with Crippen molar-refractivity contribution in [3.05, 3.63) is 161 Å². The normalized spacial score (nSPS) is 18.9. The molecule has 0 unspecified atom stereocenters. The van der Waals surface area contributed by atoms with Crippen LogP contribution < -0.4 is 0 Å². The quantitative estimate of drug-likeness (QED) is 0.282. The lowest BCUT2D eigenvalue weighted by Gasteiger charge is -2.40. The average Bonchev–Trinajstić information content (AvgIpc) is 3.44. The van der Waals surface area contributed by atoms with Crippen LogP contribution >= 0.6 is 0 Å². The highest BCUT2D eigenvalue weighted by atomic mass is 16.3. The molecule has 0 fully saturated rings. The van der Waals surface area contributed by atoms with Crippen LogP contribution in [0.5, 0.6) is 0 Å². The molecule has 5 aromatic carbocycles. The van der Waals surface area contributed by atoms with Gasteiger partial charge in [-0.25, -0.2) is 0 Å². The topological polar surface area (TPSA) is 20.2 Å². The summed E-state index contributed by atoms with van der Waals surface area (Å²) in [7, 11) is 0. The van der Waals surface area contributed by atoms with Crippen LogP contribution in [-0.4, -0.2) is 11.7 Å². The third-order valence-electron chi connectivity index (χ3n) is 8.05. The van der Waals surface area contributed by atoms with Gasteiger partial charge in [0, 0.05) is 5.92 Å². The number of fused-ring (bicyclic) bond motifs is 3. The van der Waals surface area contributed by atoms with Gasteiger partial charge in [0.25, 0.3) is 0 Å². The van der Waals surface area contributed by atoms with E-state index in [1.165, 1.54) is 49.7 Å². The second-order valence-corrected chi connectivity index (χ2v) is 9.74. The summed E-state index contributed by atoms with van der Waals surface area (Å²) in [4.78, 5) is 0. The molecule has 2 atom stereocenters. The molecule has 36 heavy (non-hydrogen) atoms. The van der Waals surface area contributed by atoms with Gasteiger partial charge in [0.2, 0.25) is 0 Å². The second-order valence-electron chi connectivity index (χ2n) is 9.74. The molecule has 0 spiro atoms. The number of hydrogen-bond acceptors (Lipinski definition) is 1. The molecular weight excluding hydrogens is 436 g/mol. The van der Waals surface area contributed by atoms with Crippen molar-refractivity contribution in [3.63, 3.8) is 0 Å². The van der Waals surface area contributed by atoms with Crippen LogP contribution in [-0.2, 0) is 5.41 Å². The Kier molecular flexibility index (Phi) is 4.80. The maximum absolute atomic E-state index is 11.2. The summed E-state index contributed by atoms with van der Waals surface area (Å²) in [5, 5.41) is 13.7. The molecule has 7 rings (SSSR count). The van der Waals surface area contributed by atoms with Crippen LogP contribution in [0.1, 0.15) is 33.7 Å². The maximum atomic E-state index is 11.2. The van der Waals surface area contributed by atoms with Gasteiger partial charge in [0.15, 0.2) is 0 Å². The Morgan fingerprint density at radius 2 is 1.22 bits per heavy atom. The van der Waals surface area contributed by atoms with Crippen LogP contribution in [0.3, 0.4) is 0 Å². The smallest absolute Gasteiger partial charge is 0.0566 e. The van der Waals surface area contributed by atoms with Gasteiger partial charge in [-0.05, 0) is 61.4 Å². The van der Waals surface area contributed by atoms with Crippen molar-refractivity contribution in [1.29, 1.82) is 0 Å². The van der Waals surface area contributed by atoms with Crippen LogP contribution in [0.15, 0.2) is 133 Å². The standard InChI is InChI=1S/C35H26O/c36-23-32(26-16-8-3-9-17-26)35-30-21-11-19-27-18-10-20-28(33(27)30)34(35)29(24-12-4-1-5-13-24)22-31(35)25-14-6-2-7-15-25/h1-22,32,36H,23H2/t32-,35+/m1/s1. The van der Waals surface area contributed by atoms with Gasteiger partial charge in [0.1, 0.15) is 0 Å². The Labute approximate surface area is 211 Å². The minimum atomic E-state index is -0.508. The SMILES string of the molecule is OC[C@H](c1ccccc1)[C@]12C(c3ccccc3)=CC(c3ccccc3)=C1c1cccc3cccc2c13. The highest BCUT2D eigenvalue weighted by molar-refractivity contribution is 6.22. The van der Waals surface area contributed by atoms with Crippen LogP contribution in [0, 0.1) is 0 Å². The van der Waals surface area contributed by atoms with E-state index < -0.39 is 5.41 Å². The zero-order chi connectivity index (χ0) is 24.1. The zero-order valence-corrected chi connectivity index (χ0v) is 19.9. The molecule has 0 saturated carbocycles. The van der Waals surface area contributed by atoms with Crippen molar-refractivity contribution in [3.8, 4) is 0 Å². The molecule has 0 aromatic heterocycles. The van der Waals surface area contributed by atoms with Crippen molar-refractivity contribution in [1.82, 2.24) is 0 Å². The number of aliphatic hydroxyl groups is 1. The first-order chi connectivity index (χ1) is 17.8. The highest BCUT2D eigenvalue weighted by Crippen LogP contribution is 2.67. The van der Waals surface area contributed by atoms with E-state index in [4.69, 9.17) is 0 Å². The Morgan fingerprint density at radius 1 is 0.611 bits per heavy atom. The summed E-state index contributed by atoms with van der Waals surface area (Å²) in [6.45, 7) is 0.0458. The fourth-order valence-electron chi connectivity index (χ4n) is 6.69. The van der Waals surface area contributed by atoms with E-state index in [0.717, 1.165) is 5.56 Å². The average molecular weight is 463 g/mol. The number of aliphatic hydroxyl groups excluding tert-OH is 1. The van der Waals surface area contributed by atoms with Crippen LogP contribution in [0.25, 0.3) is 27.5 Å². The van der Waals surface area contributed by atoms with E-state index in [0.29, 0.717) is 0 Å². The zero-order valence-electron chi connectivity index (χ0n) is 19.9. The molecule has 0 aliphatic heterocycles. The Balaban J connectivity index is 1.66. The molecule has 0 heterocycles. The van der Waals surface area contributed by atoms with Crippen molar-refractivity contribution in [2.75, 3.05) is 6.61 Å². The van der Waals surface area contributed by atoms with Gasteiger partial charge in [-0.15, -0.1) is 0 Å². The monoisotopic (exact) mass is 462 g/mol. The van der Waals surface area contributed by atoms with Crippen molar-refractivity contribution in [2.24, 2.45) is 0 Å². The summed E-state index contributed by atoms with van der Waals surface area (Å²) in [5.74, 6) is -0.139. The molecule has 1 nitrogen and oxygen atoms in total. The lowest BCUT2D eigenvalue weighted by Crippen LogP contribution is -2.35. The molecular formula is C35H26O. The van der Waals surface area contributed by atoms with Gasteiger partial charge < -0.3 is 5.11 Å².